The van der Waals surface area contributed by atoms with Crippen molar-refractivity contribution in [3.05, 3.63) is 36.2 Å². The van der Waals surface area contributed by atoms with E-state index in [0.717, 1.165) is 32.5 Å². The third-order valence-electron chi connectivity index (χ3n) is 4.22. The first-order valence-electron chi connectivity index (χ1n) is 7.62. The van der Waals surface area contributed by atoms with Gasteiger partial charge in [-0.15, -0.1) is 0 Å². The van der Waals surface area contributed by atoms with Gasteiger partial charge in [0.25, 0.3) is 5.91 Å². The molecule has 1 unspecified atom stereocenters. The number of carbonyl (C=O) groups is 1. The quantitative estimate of drug-likeness (QED) is 0.907. The molecule has 0 bridgehead atoms. The molecule has 0 aliphatic carbocycles. The summed E-state index contributed by atoms with van der Waals surface area (Å²) in [6.45, 7) is 2.93. The minimum absolute atomic E-state index is 0.138. The van der Waals surface area contributed by atoms with E-state index in [1.165, 1.54) is 5.69 Å². The Labute approximate surface area is 129 Å². The number of carbonyl (C=O) groups excluding carboxylic acids is 1. The molecule has 118 valence electrons. The molecule has 3 rings (SSSR count). The first kappa shape index (κ1) is 14.8. The van der Waals surface area contributed by atoms with E-state index >= 15 is 0 Å². The van der Waals surface area contributed by atoms with Crippen LogP contribution in [-0.2, 0) is 13.6 Å². The number of imidazole rings is 1. The van der Waals surface area contributed by atoms with Gasteiger partial charge in [0.2, 0.25) is 0 Å². The fraction of sp³-hybridized carbons (Fsp3) is 0.533. The number of aryl methyl sites for hydroxylation is 1. The lowest BCUT2D eigenvalue weighted by Crippen LogP contribution is -2.36. The summed E-state index contributed by atoms with van der Waals surface area (Å²) in [7, 11) is 3.64. The molecule has 1 atom stereocenters. The van der Waals surface area contributed by atoms with Crippen LogP contribution in [0.4, 0.5) is 0 Å². The maximum atomic E-state index is 11.6. The zero-order valence-corrected chi connectivity index (χ0v) is 13.1. The molecule has 3 heterocycles. The topological polar surface area (TPSA) is 68.0 Å². The first-order chi connectivity index (χ1) is 10.7. The highest BCUT2D eigenvalue weighted by atomic mass is 16.1. The van der Waals surface area contributed by atoms with E-state index in [1.807, 2.05) is 30.5 Å². The fourth-order valence-electron chi connectivity index (χ4n) is 2.95. The van der Waals surface area contributed by atoms with Gasteiger partial charge in [-0.05, 0) is 25.5 Å². The van der Waals surface area contributed by atoms with E-state index in [1.54, 1.807) is 13.1 Å². The van der Waals surface area contributed by atoms with Crippen molar-refractivity contribution in [2.75, 3.05) is 20.1 Å². The van der Waals surface area contributed by atoms with Gasteiger partial charge in [-0.25, -0.2) is 4.98 Å². The number of rotatable bonds is 4. The second kappa shape index (κ2) is 6.31. The van der Waals surface area contributed by atoms with Crippen LogP contribution in [0.2, 0.25) is 0 Å². The summed E-state index contributed by atoms with van der Waals surface area (Å²) in [4.78, 5) is 18.2. The van der Waals surface area contributed by atoms with Gasteiger partial charge in [-0.2, -0.15) is 5.10 Å². The molecule has 0 radical (unpaired) electrons. The highest BCUT2D eigenvalue weighted by molar-refractivity contribution is 5.91. The molecule has 1 fully saturated rings. The summed E-state index contributed by atoms with van der Waals surface area (Å²) in [5.41, 5.74) is 1.69. The zero-order chi connectivity index (χ0) is 15.5. The van der Waals surface area contributed by atoms with Crippen molar-refractivity contribution in [2.24, 2.45) is 7.05 Å². The van der Waals surface area contributed by atoms with E-state index in [-0.39, 0.29) is 5.91 Å². The molecule has 7 heteroatoms. The summed E-state index contributed by atoms with van der Waals surface area (Å²) >= 11 is 0. The highest BCUT2D eigenvalue weighted by Crippen LogP contribution is 2.22. The van der Waals surface area contributed by atoms with Gasteiger partial charge in [0.05, 0.1) is 18.1 Å². The summed E-state index contributed by atoms with van der Waals surface area (Å²) in [5.74, 6) is -0.138. The average molecular weight is 302 g/mol. The number of amides is 1. The van der Waals surface area contributed by atoms with Crippen LogP contribution in [-0.4, -0.2) is 50.3 Å². The lowest BCUT2D eigenvalue weighted by Gasteiger charge is -2.32. The summed E-state index contributed by atoms with van der Waals surface area (Å²) in [5, 5.41) is 7.02. The molecule has 1 N–H and O–H groups in total. The molecule has 2 aromatic rings. The monoisotopic (exact) mass is 302 g/mol. The molecule has 22 heavy (non-hydrogen) atoms. The predicted octanol–water partition coefficient (Wildman–Crippen LogP) is 0.813. The third kappa shape index (κ3) is 3.04. The molecule has 1 saturated heterocycles. The number of aromatic nitrogens is 4. The Morgan fingerprint density at radius 3 is 3.09 bits per heavy atom. The van der Waals surface area contributed by atoms with Crippen LogP contribution in [0.15, 0.2) is 24.8 Å². The molecule has 0 aromatic carbocycles. The van der Waals surface area contributed by atoms with Crippen LogP contribution in [0.1, 0.15) is 35.1 Å². The number of nitrogens with zero attached hydrogens (tertiary/aromatic N) is 5. The second-order valence-electron chi connectivity index (χ2n) is 5.79. The van der Waals surface area contributed by atoms with Gasteiger partial charge in [-0.1, -0.05) is 0 Å². The van der Waals surface area contributed by atoms with Crippen molar-refractivity contribution in [3.63, 3.8) is 0 Å². The minimum Gasteiger partial charge on any atom is -0.354 e. The summed E-state index contributed by atoms with van der Waals surface area (Å²) in [6.07, 6.45) is 7.89. The Morgan fingerprint density at radius 2 is 2.36 bits per heavy atom. The molecular weight excluding hydrogens is 280 g/mol. The Hall–Kier alpha value is -2.15. The van der Waals surface area contributed by atoms with Gasteiger partial charge in [-0.3, -0.25) is 14.4 Å². The van der Waals surface area contributed by atoms with Crippen molar-refractivity contribution in [1.29, 1.82) is 0 Å². The average Bonchev–Trinajstić information content (AvgIpc) is 3.17. The number of piperidine rings is 1. The van der Waals surface area contributed by atoms with E-state index in [9.17, 15) is 4.79 Å². The maximum Gasteiger partial charge on any atom is 0.271 e. The largest absolute Gasteiger partial charge is 0.354 e. The highest BCUT2D eigenvalue weighted by Gasteiger charge is 2.23. The molecule has 0 saturated carbocycles. The third-order valence-corrected chi connectivity index (χ3v) is 4.22. The Bertz CT molecular complexity index is 646. The van der Waals surface area contributed by atoms with Crippen LogP contribution < -0.4 is 5.32 Å². The number of hydrogen-bond donors (Lipinski definition) is 1. The zero-order valence-electron chi connectivity index (χ0n) is 13.1. The minimum atomic E-state index is -0.138. The standard InChI is InChI=1S/C15H22N6O/c1-16-15(22)14-5-7-21(18-14)12-4-3-6-20(9-12)10-13-8-17-11-19(13)2/h5,7-8,11-12H,3-4,6,9-10H2,1-2H3,(H,16,22). The maximum absolute atomic E-state index is 11.6. The Balaban J connectivity index is 1.66. The van der Waals surface area contributed by atoms with Crippen LogP contribution in [0.25, 0.3) is 0 Å². The van der Waals surface area contributed by atoms with Crippen molar-refractivity contribution < 1.29 is 4.79 Å². The Morgan fingerprint density at radius 1 is 1.50 bits per heavy atom. The Kier molecular flexibility index (Phi) is 4.24. The molecule has 2 aromatic heterocycles. The fourth-order valence-corrected chi connectivity index (χ4v) is 2.95. The molecule has 0 spiro atoms. The van der Waals surface area contributed by atoms with E-state index in [4.69, 9.17) is 0 Å². The van der Waals surface area contributed by atoms with Crippen molar-refractivity contribution in [1.82, 2.24) is 29.5 Å². The van der Waals surface area contributed by atoms with Crippen molar-refractivity contribution in [2.45, 2.75) is 25.4 Å². The molecule has 1 amide bonds. The van der Waals surface area contributed by atoms with E-state index < -0.39 is 0 Å². The normalized spacial score (nSPS) is 19.3. The van der Waals surface area contributed by atoms with Crippen molar-refractivity contribution in [3.8, 4) is 0 Å². The first-order valence-corrected chi connectivity index (χ1v) is 7.62. The second-order valence-corrected chi connectivity index (χ2v) is 5.79. The summed E-state index contributed by atoms with van der Waals surface area (Å²) in [6, 6.07) is 2.10. The van der Waals surface area contributed by atoms with Crippen LogP contribution in [0.3, 0.4) is 0 Å². The van der Waals surface area contributed by atoms with Crippen molar-refractivity contribution >= 4 is 5.91 Å². The lowest BCUT2D eigenvalue weighted by molar-refractivity contribution is 0.0955. The molecule has 7 nitrogen and oxygen atoms in total. The summed E-state index contributed by atoms with van der Waals surface area (Å²) < 4.78 is 3.99. The smallest absolute Gasteiger partial charge is 0.271 e. The van der Waals surface area contributed by atoms with Gasteiger partial charge >= 0.3 is 0 Å². The van der Waals surface area contributed by atoms with E-state index in [2.05, 4.69) is 24.9 Å². The number of hydrogen-bond acceptors (Lipinski definition) is 4. The van der Waals surface area contributed by atoms with Gasteiger partial charge in [0, 0.05) is 39.6 Å². The van der Waals surface area contributed by atoms with Crippen LogP contribution in [0, 0.1) is 0 Å². The van der Waals surface area contributed by atoms with Crippen LogP contribution >= 0.6 is 0 Å². The predicted molar refractivity (Wildman–Crippen MR) is 82.4 cm³/mol. The van der Waals surface area contributed by atoms with Crippen LogP contribution in [0.5, 0.6) is 0 Å². The number of likely N-dealkylation sites (tertiary alicyclic amines) is 1. The molecular formula is C15H22N6O. The molecule has 1 aliphatic rings. The lowest BCUT2D eigenvalue weighted by atomic mass is 10.1. The van der Waals surface area contributed by atoms with Gasteiger partial charge in [0.1, 0.15) is 5.69 Å². The van der Waals surface area contributed by atoms with Gasteiger partial charge < -0.3 is 9.88 Å². The molecule has 1 aliphatic heterocycles. The number of nitrogens with one attached hydrogen (secondary N) is 1. The van der Waals surface area contributed by atoms with E-state index in [0.29, 0.717) is 11.7 Å². The van der Waals surface area contributed by atoms with Gasteiger partial charge in [0.15, 0.2) is 0 Å². The SMILES string of the molecule is CNC(=O)c1ccn(C2CCCN(Cc3cncn3C)C2)n1.